The van der Waals surface area contributed by atoms with E-state index in [0.29, 0.717) is 52.7 Å². The molecule has 2 atom stereocenters. The maximum absolute atomic E-state index is 13.7. The summed E-state index contributed by atoms with van der Waals surface area (Å²) in [5.74, 6) is -0.592. The van der Waals surface area contributed by atoms with Gasteiger partial charge in [-0.15, -0.1) is 0 Å². The molecule has 0 radical (unpaired) electrons. The summed E-state index contributed by atoms with van der Waals surface area (Å²) in [5, 5.41) is 3.54. The number of carbonyl (C=O) groups is 2. The first-order valence-corrected chi connectivity index (χ1v) is 13.1. The second-order valence-electron chi connectivity index (χ2n) is 9.88. The molecule has 0 bridgehead atoms. The van der Waals surface area contributed by atoms with Gasteiger partial charge in [-0.05, 0) is 66.6 Å². The van der Waals surface area contributed by atoms with Crippen molar-refractivity contribution < 1.29 is 14.0 Å². The average molecular weight is 530 g/mol. The molecule has 1 N–H and O–H groups in total. The van der Waals surface area contributed by atoms with Gasteiger partial charge in [-0.1, -0.05) is 29.8 Å². The number of rotatable bonds is 5. The van der Waals surface area contributed by atoms with E-state index in [4.69, 9.17) is 11.6 Å². The van der Waals surface area contributed by atoms with Crippen molar-refractivity contribution in [1.29, 1.82) is 0 Å². The van der Waals surface area contributed by atoms with Gasteiger partial charge in [0, 0.05) is 49.2 Å². The molecule has 2 aromatic heterocycles. The van der Waals surface area contributed by atoms with Gasteiger partial charge in [0.1, 0.15) is 17.0 Å². The Morgan fingerprint density at radius 1 is 0.974 bits per heavy atom. The highest BCUT2D eigenvalue weighted by molar-refractivity contribution is 6.35. The second-order valence-corrected chi connectivity index (χ2v) is 10.3. The Labute approximate surface area is 224 Å². The lowest BCUT2D eigenvalue weighted by molar-refractivity contribution is 0.0671. The molecule has 1 saturated carbocycles. The Hall–Kier alpha value is -3.91. The Morgan fingerprint density at radius 2 is 1.76 bits per heavy atom. The van der Waals surface area contributed by atoms with Gasteiger partial charge in [-0.2, -0.15) is 0 Å². The highest BCUT2D eigenvalue weighted by Crippen LogP contribution is 2.41. The zero-order chi connectivity index (χ0) is 26.2. The molecule has 2 aliphatic rings. The predicted octanol–water partition coefficient (Wildman–Crippen LogP) is 5.12. The quantitative estimate of drug-likeness (QED) is 0.387. The molecule has 0 spiro atoms. The molecule has 2 amide bonds. The molecule has 38 heavy (non-hydrogen) atoms. The number of nitrogens with zero attached hydrogens (tertiary/aromatic N) is 4. The standard InChI is InChI=1S/C29H25ClFN5O2/c30-23-14-19(15-25-27(23)34-12-11-32-25)29(38)36-13-9-24(22(16-36)18-5-7-20(31)8-6-18)35-28(37)26-21(17-3-4-17)2-1-10-33-26/h1-2,5-8,10-12,14-15,17,22,24H,3-4,9,13,16H2,(H,35,37)/t22-,24-/m1/s1. The monoisotopic (exact) mass is 529 g/mol. The van der Waals surface area contributed by atoms with Crippen molar-refractivity contribution in [2.24, 2.45) is 0 Å². The molecule has 4 aromatic rings. The van der Waals surface area contributed by atoms with E-state index in [1.165, 1.54) is 12.1 Å². The van der Waals surface area contributed by atoms with Crippen molar-refractivity contribution in [2.45, 2.75) is 37.1 Å². The number of fused-ring (bicyclic) bond motifs is 1. The molecule has 7 nitrogen and oxygen atoms in total. The fraction of sp³-hybridized carbons (Fsp3) is 0.276. The first kappa shape index (κ1) is 24.4. The summed E-state index contributed by atoms with van der Waals surface area (Å²) in [6, 6.07) is 13.1. The van der Waals surface area contributed by atoms with Gasteiger partial charge in [0.2, 0.25) is 0 Å². The van der Waals surface area contributed by atoms with Gasteiger partial charge < -0.3 is 10.2 Å². The number of likely N-dealkylation sites (tertiary alicyclic amines) is 1. The van der Waals surface area contributed by atoms with Crippen molar-refractivity contribution in [3.63, 3.8) is 0 Å². The Balaban J connectivity index is 1.27. The van der Waals surface area contributed by atoms with Gasteiger partial charge in [-0.25, -0.2) is 4.39 Å². The third-order valence-electron chi connectivity index (χ3n) is 7.36. The number of carbonyl (C=O) groups excluding carboxylic acids is 2. The number of piperidine rings is 1. The van der Waals surface area contributed by atoms with Crippen LogP contribution in [0.3, 0.4) is 0 Å². The topological polar surface area (TPSA) is 88.1 Å². The summed E-state index contributed by atoms with van der Waals surface area (Å²) in [5.41, 5.74) is 3.79. The van der Waals surface area contributed by atoms with Crippen LogP contribution in [0.4, 0.5) is 4.39 Å². The lowest BCUT2D eigenvalue weighted by Crippen LogP contribution is -2.51. The number of nitrogens with one attached hydrogen (secondary N) is 1. The van der Waals surface area contributed by atoms with Crippen LogP contribution in [0, 0.1) is 5.82 Å². The van der Waals surface area contributed by atoms with Crippen LogP contribution in [0.2, 0.25) is 5.02 Å². The summed E-state index contributed by atoms with van der Waals surface area (Å²) < 4.78 is 13.7. The zero-order valence-electron chi connectivity index (χ0n) is 20.5. The molecular weight excluding hydrogens is 505 g/mol. The first-order chi connectivity index (χ1) is 18.5. The van der Waals surface area contributed by atoms with Crippen molar-refractivity contribution in [3.05, 3.63) is 100 Å². The molecule has 2 fully saturated rings. The van der Waals surface area contributed by atoms with Crippen molar-refractivity contribution in [1.82, 2.24) is 25.2 Å². The normalized spacial score (nSPS) is 19.4. The van der Waals surface area contributed by atoms with E-state index in [0.717, 1.165) is 24.0 Å². The fourth-order valence-corrected chi connectivity index (χ4v) is 5.53. The summed E-state index contributed by atoms with van der Waals surface area (Å²) in [4.78, 5) is 41.6. The van der Waals surface area contributed by atoms with Crippen LogP contribution in [0.1, 0.15) is 63.1 Å². The number of benzene rings is 2. The molecule has 0 unspecified atom stereocenters. The van der Waals surface area contributed by atoms with Crippen LogP contribution in [-0.4, -0.2) is 50.8 Å². The second kappa shape index (κ2) is 10.1. The van der Waals surface area contributed by atoms with Crippen LogP contribution >= 0.6 is 11.6 Å². The average Bonchev–Trinajstić information content (AvgIpc) is 3.79. The number of hydrogen-bond donors (Lipinski definition) is 1. The predicted molar refractivity (Wildman–Crippen MR) is 142 cm³/mol. The van der Waals surface area contributed by atoms with Crippen LogP contribution in [0.5, 0.6) is 0 Å². The van der Waals surface area contributed by atoms with E-state index in [2.05, 4.69) is 20.3 Å². The number of pyridine rings is 1. The molecule has 1 aliphatic heterocycles. The van der Waals surface area contributed by atoms with E-state index >= 15 is 0 Å². The smallest absolute Gasteiger partial charge is 0.270 e. The Bertz CT molecular complexity index is 1530. The summed E-state index contributed by atoms with van der Waals surface area (Å²) >= 11 is 6.40. The van der Waals surface area contributed by atoms with E-state index in [1.807, 2.05) is 12.1 Å². The minimum atomic E-state index is -0.340. The zero-order valence-corrected chi connectivity index (χ0v) is 21.2. The van der Waals surface area contributed by atoms with Gasteiger partial charge >= 0.3 is 0 Å². The number of amides is 2. The van der Waals surface area contributed by atoms with Crippen molar-refractivity contribution in [3.8, 4) is 0 Å². The van der Waals surface area contributed by atoms with Gasteiger partial charge in [0.15, 0.2) is 0 Å². The summed E-state index contributed by atoms with van der Waals surface area (Å²) in [6.07, 6.45) is 7.41. The first-order valence-electron chi connectivity index (χ1n) is 12.7. The molecule has 3 heterocycles. The summed E-state index contributed by atoms with van der Waals surface area (Å²) in [7, 11) is 0. The van der Waals surface area contributed by atoms with Crippen LogP contribution in [0.25, 0.3) is 11.0 Å². The maximum atomic E-state index is 13.7. The fourth-order valence-electron chi connectivity index (χ4n) is 5.26. The van der Waals surface area contributed by atoms with Gasteiger partial charge in [-0.3, -0.25) is 24.5 Å². The van der Waals surface area contributed by atoms with Crippen LogP contribution in [0.15, 0.2) is 67.1 Å². The van der Waals surface area contributed by atoms with E-state index in [1.54, 1.807) is 47.8 Å². The summed E-state index contributed by atoms with van der Waals surface area (Å²) in [6.45, 7) is 0.790. The minimum absolute atomic E-state index is 0.183. The SMILES string of the molecule is O=C(N[C@@H]1CCN(C(=O)c2cc(Cl)c3nccnc3c2)C[C@@H]1c1ccc(F)cc1)c1ncccc1C1CC1. The molecular formula is C29H25ClFN5O2. The number of halogens is 2. The largest absolute Gasteiger partial charge is 0.347 e. The molecule has 9 heteroatoms. The van der Waals surface area contributed by atoms with E-state index < -0.39 is 0 Å². The van der Waals surface area contributed by atoms with Crippen molar-refractivity contribution >= 4 is 34.4 Å². The lowest BCUT2D eigenvalue weighted by Gasteiger charge is -2.39. The van der Waals surface area contributed by atoms with Crippen molar-refractivity contribution in [2.75, 3.05) is 13.1 Å². The highest BCUT2D eigenvalue weighted by atomic mass is 35.5. The third-order valence-corrected chi connectivity index (χ3v) is 7.65. The third kappa shape index (κ3) is 4.84. The Morgan fingerprint density at radius 3 is 2.55 bits per heavy atom. The molecule has 1 aliphatic carbocycles. The highest BCUT2D eigenvalue weighted by Gasteiger charge is 2.36. The van der Waals surface area contributed by atoms with Crippen LogP contribution in [-0.2, 0) is 0 Å². The van der Waals surface area contributed by atoms with E-state index in [9.17, 15) is 14.0 Å². The molecule has 2 aromatic carbocycles. The number of hydrogen-bond acceptors (Lipinski definition) is 5. The van der Waals surface area contributed by atoms with Gasteiger partial charge in [0.25, 0.3) is 11.8 Å². The molecule has 1 saturated heterocycles. The maximum Gasteiger partial charge on any atom is 0.270 e. The van der Waals surface area contributed by atoms with Crippen LogP contribution < -0.4 is 5.32 Å². The van der Waals surface area contributed by atoms with E-state index in [-0.39, 0.29) is 29.6 Å². The lowest BCUT2D eigenvalue weighted by atomic mass is 9.85. The Kier molecular flexibility index (Phi) is 6.49. The molecule has 192 valence electrons. The van der Waals surface area contributed by atoms with Gasteiger partial charge in [0.05, 0.1) is 10.5 Å². The molecule has 6 rings (SSSR count). The minimum Gasteiger partial charge on any atom is -0.347 e. The number of aromatic nitrogens is 3.